The number of rotatable bonds is 9. The maximum atomic E-state index is 14.8. The molecule has 2 aromatic carbocycles. The van der Waals surface area contributed by atoms with E-state index in [0.29, 0.717) is 5.56 Å². The van der Waals surface area contributed by atoms with Crippen molar-refractivity contribution in [2.75, 3.05) is 33.4 Å². The third-order valence-corrected chi connectivity index (χ3v) is 6.11. The minimum absolute atomic E-state index is 0.0466. The van der Waals surface area contributed by atoms with Gasteiger partial charge >= 0.3 is 11.7 Å². The molecule has 0 atom stereocenters. The number of nitrogens with two attached hydrogens (primary N) is 1. The molecule has 0 aliphatic carbocycles. The lowest BCUT2D eigenvalue weighted by molar-refractivity contribution is 0.168. The summed E-state index contributed by atoms with van der Waals surface area (Å²) >= 11 is 0. The van der Waals surface area contributed by atoms with E-state index in [4.69, 9.17) is 15.3 Å². The maximum Gasteiger partial charge on any atom is 0.343 e. The average Bonchev–Trinajstić information content (AvgIpc) is 2.94. The summed E-state index contributed by atoms with van der Waals surface area (Å²) in [6.07, 6.45) is 0. The van der Waals surface area contributed by atoms with Crippen LogP contribution in [0.4, 0.5) is 19.3 Å². The van der Waals surface area contributed by atoms with Gasteiger partial charge in [-0.2, -0.15) is 5.06 Å². The minimum atomic E-state index is -0.908. The van der Waals surface area contributed by atoms with E-state index in [1.807, 2.05) is 0 Å². The van der Waals surface area contributed by atoms with E-state index in [1.54, 1.807) is 19.0 Å². The summed E-state index contributed by atoms with van der Waals surface area (Å²) in [4.78, 5) is 46.3. The minimum Gasteiger partial charge on any atom is -0.480 e. The molecule has 0 radical (unpaired) electrons. The number of hydrogen-bond donors (Lipinski definition) is 1. The van der Waals surface area contributed by atoms with Crippen LogP contribution in [0.2, 0.25) is 0 Å². The summed E-state index contributed by atoms with van der Waals surface area (Å²) < 4.78 is 36.6. The smallest absolute Gasteiger partial charge is 0.343 e. The number of amides is 2. The number of hydroxylamine groups is 1. The molecule has 2 amide bonds. The quantitative estimate of drug-likeness (QED) is 0.304. The van der Waals surface area contributed by atoms with Gasteiger partial charge in [0.2, 0.25) is 5.88 Å². The molecule has 214 valence electrons. The standard InChI is InChI=1S/C27H27F2N7O5/c1-33(2)14-19-24(16-8-10-17(11-9-16)36(41-4)26(30)38)34(15-18-20(28)6-5-7-21(18)29)27(39)35(25(19)37)22-12-13-23(40-3)32-31-22/h5-13H,14-15H2,1-4H3,(H2,30,38). The molecule has 0 bridgehead atoms. The molecule has 4 rings (SSSR count). The van der Waals surface area contributed by atoms with Gasteiger partial charge in [0.1, 0.15) is 11.6 Å². The number of primary amides is 1. The molecule has 2 heterocycles. The summed E-state index contributed by atoms with van der Waals surface area (Å²) in [5.74, 6) is -1.69. The van der Waals surface area contributed by atoms with Crippen molar-refractivity contribution in [3.05, 3.63) is 98.2 Å². The lowest BCUT2D eigenvalue weighted by atomic mass is 10.0. The molecule has 0 spiro atoms. The Labute approximate surface area is 232 Å². The van der Waals surface area contributed by atoms with Gasteiger partial charge in [0.05, 0.1) is 37.7 Å². The highest BCUT2D eigenvalue weighted by Crippen LogP contribution is 2.27. The monoisotopic (exact) mass is 567 g/mol. The lowest BCUT2D eigenvalue weighted by Crippen LogP contribution is -2.43. The van der Waals surface area contributed by atoms with Crippen molar-refractivity contribution in [3.63, 3.8) is 0 Å². The Kier molecular flexibility index (Phi) is 8.54. The largest absolute Gasteiger partial charge is 0.480 e. The van der Waals surface area contributed by atoms with Crippen LogP contribution in [0.3, 0.4) is 0 Å². The zero-order valence-electron chi connectivity index (χ0n) is 22.7. The first-order chi connectivity index (χ1) is 19.6. The van der Waals surface area contributed by atoms with Gasteiger partial charge in [-0.25, -0.2) is 22.9 Å². The van der Waals surface area contributed by atoms with Crippen molar-refractivity contribution in [2.45, 2.75) is 13.1 Å². The van der Waals surface area contributed by atoms with Crippen molar-refractivity contribution < 1.29 is 23.1 Å². The highest BCUT2D eigenvalue weighted by atomic mass is 19.1. The van der Waals surface area contributed by atoms with Gasteiger partial charge in [0, 0.05) is 18.2 Å². The molecule has 41 heavy (non-hydrogen) atoms. The average molecular weight is 568 g/mol. The number of halogens is 2. The fourth-order valence-corrected chi connectivity index (χ4v) is 4.30. The van der Waals surface area contributed by atoms with E-state index in [9.17, 15) is 23.2 Å². The van der Waals surface area contributed by atoms with Crippen LogP contribution in [0.25, 0.3) is 17.1 Å². The molecule has 12 nitrogen and oxygen atoms in total. The molecule has 0 saturated carbocycles. The number of benzene rings is 2. The number of ether oxygens (including phenoxy) is 1. The third-order valence-electron chi connectivity index (χ3n) is 6.11. The molecule has 0 unspecified atom stereocenters. The Balaban J connectivity index is 2.06. The van der Waals surface area contributed by atoms with E-state index in [-0.39, 0.29) is 40.8 Å². The predicted molar refractivity (Wildman–Crippen MR) is 146 cm³/mol. The van der Waals surface area contributed by atoms with Gasteiger partial charge in [-0.3, -0.25) is 14.2 Å². The molecular formula is C27H27F2N7O5. The van der Waals surface area contributed by atoms with Gasteiger partial charge in [0.25, 0.3) is 5.56 Å². The van der Waals surface area contributed by atoms with Crippen molar-refractivity contribution in [1.82, 2.24) is 24.2 Å². The summed E-state index contributed by atoms with van der Waals surface area (Å²) in [5.41, 5.74) is 4.23. The maximum absolute atomic E-state index is 14.8. The third kappa shape index (κ3) is 5.83. The van der Waals surface area contributed by atoms with E-state index in [2.05, 4.69) is 10.2 Å². The number of carbonyl (C=O) groups is 1. The first-order valence-electron chi connectivity index (χ1n) is 12.2. The molecular weight excluding hydrogens is 540 g/mol. The number of hydrogen-bond acceptors (Lipinski definition) is 8. The van der Waals surface area contributed by atoms with Crippen molar-refractivity contribution in [1.29, 1.82) is 0 Å². The molecule has 2 aromatic heterocycles. The number of nitrogens with zero attached hydrogens (tertiary/aromatic N) is 6. The Morgan fingerprint density at radius 3 is 2.12 bits per heavy atom. The predicted octanol–water partition coefficient (Wildman–Crippen LogP) is 2.30. The second kappa shape index (κ2) is 12.1. The van der Waals surface area contributed by atoms with Crippen LogP contribution in [0.15, 0.2) is 64.2 Å². The second-order valence-corrected chi connectivity index (χ2v) is 9.07. The fraction of sp³-hybridized carbons (Fsp3) is 0.222. The van der Waals surface area contributed by atoms with Crippen molar-refractivity contribution in [2.24, 2.45) is 5.73 Å². The molecule has 14 heteroatoms. The molecule has 2 N–H and O–H groups in total. The molecule has 0 fully saturated rings. The SMILES string of the molecule is COc1ccc(-n2c(=O)c(CN(C)C)c(-c3ccc(N(OC)C(N)=O)cc3)n(Cc3c(F)cccc3F)c2=O)nn1. The van der Waals surface area contributed by atoms with Crippen LogP contribution in [-0.4, -0.2) is 58.6 Å². The highest BCUT2D eigenvalue weighted by molar-refractivity contribution is 5.88. The van der Waals surface area contributed by atoms with E-state index < -0.39 is 35.5 Å². The van der Waals surface area contributed by atoms with Crippen LogP contribution >= 0.6 is 0 Å². The fourth-order valence-electron chi connectivity index (χ4n) is 4.30. The van der Waals surface area contributed by atoms with Crippen LogP contribution in [0.5, 0.6) is 5.88 Å². The van der Waals surface area contributed by atoms with Crippen LogP contribution in [0.1, 0.15) is 11.1 Å². The topological polar surface area (TPSA) is 138 Å². The number of anilines is 1. The number of methoxy groups -OCH3 is 1. The normalized spacial score (nSPS) is 11.1. The zero-order chi connectivity index (χ0) is 29.8. The Morgan fingerprint density at radius 1 is 0.951 bits per heavy atom. The number of urea groups is 1. The number of carbonyl (C=O) groups excluding carboxylic acids is 1. The van der Waals surface area contributed by atoms with Gasteiger partial charge in [-0.1, -0.05) is 18.2 Å². The van der Waals surface area contributed by atoms with Crippen LogP contribution in [0, 0.1) is 11.6 Å². The van der Waals surface area contributed by atoms with Gasteiger partial charge in [-0.15, -0.1) is 10.2 Å². The Bertz CT molecular complexity index is 1670. The Hall–Kier alpha value is -4.95. The summed E-state index contributed by atoms with van der Waals surface area (Å²) in [6.45, 7) is -0.505. The summed E-state index contributed by atoms with van der Waals surface area (Å²) in [6, 6.07) is 11.3. The first-order valence-corrected chi connectivity index (χ1v) is 12.2. The summed E-state index contributed by atoms with van der Waals surface area (Å²) in [7, 11) is 6.09. The summed E-state index contributed by atoms with van der Waals surface area (Å²) in [5, 5.41) is 8.65. The van der Waals surface area contributed by atoms with Gasteiger partial charge in [-0.05, 0) is 50.0 Å². The van der Waals surface area contributed by atoms with Crippen LogP contribution < -0.4 is 26.8 Å². The highest BCUT2D eigenvalue weighted by Gasteiger charge is 2.25. The number of aromatic nitrogens is 4. The van der Waals surface area contributed by atoms with E-state index in [1.165, 1.54) is 56.7 Å². The van der Waals surface area contributed by atoms with E-state index >= 15 is 0 Å². The van der Waals surface area contributed by atoms with Crippen molar-refractivity contribution in [3.8, 4) is 23.0 Å². The lowest BCUT2D eigenvalue weighted by Gasteiger charge is -2.22. The molecule has 0 aliphatic rings. The van der Waals surface area contributed by atoms with Gasteiger partial charge < -0.3 is 15.4 Å². The second-order valence-electron chi connectivity index (χ2n) is 9.07. The first kappa shape index (κ1) is 29.0. The Morgan fingerprint density at radius 2 is 1.61 bits per heavy atom. The van der Waals surface area contributed by atoms with Crippen molar-refractivity contribution >= 4 is 11.7 Å². The van der Waals surface area contributed by atoms with Crippen LogP contribution in [-0.2, 0) is 17.9 Å². The molecule has 0 saturated heterocycles. The molecule has 0 aliphatic heterocycles. The van der Waals surface area contributed by atoms with Gasteiger partial charge in [0.15, 0.2) is 5.82 Å². The zero-order valence-corrected chi connectivity index (χ0v) is 22.7. The molecule has 4 aromatic rings. The van der Waals surface area contributed by atoms with E-state index in [0.717, 1.165) is 26.3 Å².